The van der Waals surface area contributed by atoms with Crippen LogP contribution < -0.4 is 11.2 Å². The molecule has 0 aromatic heterocycles. The number of hydrazine groups is 1. The van der Waals surface area contributed by atoms with E-state index in [9.17, 15) is 14.4 Å². The second-order valence-electron chi connectivity index (χ2n) is 6.25. The van der Waals surface area contributed by atoms with Gasteiger partial charge >= 0.3 is 0 Å². The predicted octanol–water partition coefficient (Wildman–Crippen LogP) is 1.98. The Hall–Kier alpha value is -2.21. The molecule has 6 nitrogen and oxygen atoms in total. The summed E-state index contributed by atoms with van der Waals surface area (Å²) in [6, 6.07) is 8.79. The molecule has 0 unspecified atom stereocenters. The fourth-order valence-corrected chi connectivity index (χ4v) is 2.49. The SMILES string of the molecule is CCCCCC(=O)N[C@@H](CC(C)=O)C(=O)N(N)CCc1ccccc1. The van der Waals surface area contributed by atoms with Crippen molar-refractivity contribution in [1.82, 2.24) is 10.3 Å². The number of unbranched alkanes of at least 4 members (excludes halogenated alkanes) is 2. The highest BCUT2D eigenvalue weighted by molar-refractivity contribution is 5.91. The van der Waals surface area contributed by atoms with Crippen LogP contribution >= 0.6 is 0 Å². The second kappa shape index (κ2) is 11.4. The van der Waals surface area contributed by atoms with E-state index in [2.05, 4.69) is 12.2 Å². The average Bonchev–Trinajstić information content (AvgIpc) is 2.59. The first kappa shape index (κ1) is 20.8. The smallest absolute Gasteiger partial charge is 0.259 e. The maximum Gasteiger partial charge on any atom is 0.259 e. The molecule has 0 aliphatic carbocycles. The molecule has 0 heterocycles. The lowest BCUT2D eigenvalue weighted by Crippen LogP contribution is -2.52. The van der Waals surface area contributed by atoms with Gasteiger partial charge in [0, 0.05) is 19.4 Å². The highest BCUT2D eigenvalue weighted by Gasteiger charge is 2.25. The normalized spacial score (nSPS) is 11.6. The van der Waals surface area contributed by atoms with E-state index in [1.165, 1.54) is 6.92 Å². The van der Waals surface area contributed by atoms with Crippen molar-refractivity contribution in [2.75, 3.05) is 6.54 Å². The molecule has 1 atom stereocenters. The van der Waals surface area contributed by atoms with Crippen LogP contribution in [0, 0.1) is 0 Å². The molecule has 0 aliphatic heterocycles. The van der Waals surface area contributed by atoms with Gasteiger partial charge in [0.05, 0.1) is 0 Å². The highest BCUT2D eigenvalue weighted by atomic mass is 16.2. The number of nitrogens with zero attached hydrogens (tertiary/aromatic N) is 1. The summed E-state index contributed by atoms with van der Waals surface area (Å²) >= 11 is 0. The van der Waals surface area contributed by atoms with Gasteiger partial charge in [0.15, 0.2) is 0 Å². The lowest BCUT2D eigenvalue weighted by molar-refractivity contribution is -0.138. The van der Waals surface area contributed by atoms with Crippen LogP contribution in [-0.4, -0.2) is 35.2 Å². The van der Waals surface area contributed by atoms with E-state index >= 15 is 0 Å². The van der Waals surface area contributed by atoms with E-state index in [-0.39, 0.29) is 18.1 Å². The monoisotopic (exact) mass is 347 g/mol. The maximum atomic E-state index is 12.5. The molecule has 6 heteroatoms. The number of ketones is 1. The van der Waals surface area contributed by atoms with Crippen molar-refractivity contribution >= 4 is 17.6 Å². The molecule has 3 N–H and O–H groups in total. The molecule has 0 radical (unpaired) electrons. The van der Waals surface area contributed by atoms with Crippen molar-refractivity contribution in [2.45, 2.75) is 58.4 Å². The third-order valence-corrected chi connectivity index (χ3v) is 3.90. The maximum absolute atomic E-state index is 12.5. The van der Waals surface area contributed by atoms with Crippen molar-refractivity contribution in [3.63, 3.8) is 0 Å². The summed E-state index contributed by atoms with van der Waals surface area (Å²) in [5.41, 5.74) is 1.07. The first-order valence-electron chi connectivity index (χ1n) is 8.82. The molecule has 1 aromatic rings. The molecule has 0 saturated heterocycles. The molecule has 0 fully saturated rings. The molecule has 138 valence electrons. The molecule has 1 rings (SSSR count). The van der Waals surface area contributed by atoms with Gasteiger partial charge in [-0.2, -0.15) is 0 Å². The van der Waals surface area contributed by atoms with Crippen LogP contribution in [0.3, 0.4) is 0 Å². The van der Waals surface area contributed by atoms with Gasteiger partial charge in [-0.25, -0.2) is 5.84 Å². The van der Waals surface area contributed by atoms with Crippen LogP contribution in [0.25, 0.3) is 0 Å². The average molecular weight is 347 g/mol. The van der Waals surface area contributed by atoms with E-state index in [1.807, 2.05) is 30.3 Å². The van der Waals surface area contributed by atoms with Gasteiger partial charge in [-0.15, -0.1) is 0 Å². The molecule has 0 bridgehead atoms. The fraction of sp³-hybridized carbons (Fsp3) is 0.526. The lowest BCUT2D eigenvalue weighted by Gasteiger charge is -2.23. The van der Waals surface area contributed by atoms with E-state index in [1.54, 1.807) is 0 Å². The van der Waals surface area contributed by atoms with E-state index < -0.39 is 11.9 Å². The number of hydrogen-bond acceptors (Lipinski definition) is 4. The topological polar surface area (TPSA) is 92.5 Å². The van der Waals surface area contributed by atoms with E-state index in [0.29, 0.717) is 19.4 Å². The number of carbonyl (C=O) groups excluding carboxylic acids is 3. The van der Waals surface area contributed by atoms with Crippen LogP contribution in [0.5, 0.6) is 0 Å². The van der Waals surface area contributed by atoms with Crippen molar-refractivity contribution in [3.05, 3.63) is 35.9 Å². The minimum atomic E-state index is -0.896. The number of hydrogen-bond donors (Lipinski definition) is 2. The largest absolute Gasteiger partial charge is 0.344 e. The molecule has 25 heavy (non-hydrogen) atoms. The predicted molar refractivity (Wildman–Crippen MR) is 97.4 cm³/mol. The molecule has 0 aliphatic rings. The molecule has 0 spiro atoms. The van der Waals surface area contributed by atoms with Gasteiger partial charge in [0.25, 0.3) is 5.91 Å². The van der Waals surface area contributed by atoms with Gasteiger partial charge in [0.2, 0.25) is 5.91 Å². The van der Waals surface area contributed by atoms with Gasteiger partial charge in [0.1, 0.15) is 11.8 Å². The molecular weight excluding hydrogens is 318 g/mol. The van der Waals surface area contributed by atoms with E-state index in [4.69, 9.17) is 5.84 Å². The third kappa shape index (κ3) is 8.44. The van der Waals surface area contributed by atoms with Crippen LogP contribution in [0.15, 0.2) is 30.3 Å². The van der Waals surface area contributed by atoms with Gasteiger partial charge in [-0.05, 0) is 25.3 Å². The van der Waals surface area contributed by atoms with Crippen molar-refractivity contribution in [2.24, 2.45) is 5.84 Å². The number of nitrogens with two attached hydrogens (primary N) is 1. The summed E-state index contributed by atoms with van der Waals surface area (Å²) < 4.78 is 0. The van der Waals surface area contributed by atoms with Crippen LogP contribution in [0.1, 0.15) is 51.5 Å². The summed E-state index contributed by atoms with van der Waals surface area (Å²) in [7, 11) is 0. The van der Waals surface area contributed by atoms with Gasteiger partial charge < -0.3 is 5.32 Å². The summed E-state index contributed by atoms with van der Waals surface area (Å²) in [6.45, 7) is 3.77. The summed E-state index contributed by atoms with van der Waals surface area (Å²) in [4.78, 5) is 35.9. The van der Waals surface area contributed by atoms with E-state index in [0.717, 1.165) is 29.8 Å². The molecular formula is C19H29N3O3. The standard InChI is InChI=1S/C19H29N3O3/c1-3-4-6-11-18(24)21-17(14-15(2)23)19(25)22(20)13-12-16-9-7-5-8-10-16/h5,7-10,17H,3-4,6,11-14,20H2,1-2H3,(H,21,24)/t17-/m0/s1. The second-order valence-corrected chi connectivity index (χ2v) is 6.25. The Balaban J connectivity index is 2.58. The number of benzene rings is 1. The van der Waals surface area contributed by atoms with Crippen LogP contribution in [0.2, 0.25) is 0 Å². The number of nitrogens with one attached hydrogen (secondary N) is 1. The first-order chi connectivity index (χ1) is 11.9. The number of Topliss-reactive ketones (excluding diaryl/α,β-unsaturated/α-hetero) is 1. The van der Waals surface area contributed by atoms with Gasteiger partial charge in [-0.1, -0.05) is 50.1 Å². The summed E-state index contributed by atoms with van der Waals surface area (Å²) in [5.74, 6) is 5.04. The summed E-state index contributed by atoms with van der Waals surface area (Å²) in [6.07, 6.45) is 3.66. The highest BCUT2D eigenvalue weighted by Crippen LogP contribution is 2.05. The Kier molecular flexibility index (Phi) is 9.47. The van der Waals surface area contributed by atoms with Crippen LogP contribution in [-0.2, 0) is 20.8 Å². The molecule has 0 saturated carbocycles. The fourth-order valence-electron chi connectivity index (χ4n) is 2.49. The van der Waals surface area contributed by atoms with Crippen molar-refractivity contribution < 1.29 is 14.4 Å². The zero-order valence-corrected chi connectivity index (χ0v) is 15.2. The number of rotatable bonds is 11. The minimum absolute atomic E-state index is 0.0443. The summed E-state index contributed by atoms with van der Waals surface area (Å²) in [5, 5.41) is 3.75. The number of amides is 2. The Morgan fingerprint density at radius 3 is 2.44 bits per heavy atom. The minimum Gasteiger partial charge on any atom is -0.344 e. The molecule has 1 aromatic carbocycles. The Morgan fingerprint density at radius 2 is 1.84 bits per heavy atom. The van der Waals surface area contributed by atoms with Crippen LogP contribution in [0.4, 0.5) is 0 Å². The Labute approximate surface area is 149 Å². The van der Waals surface area contributed by atoms with Crippen molar-refractivity contribution in [1.29, 1.82) is 0 Å². The third-order valence-electron chi connectivity index (χ3n) is 3.90. The van der Waals surface area contributed by atoms with Gasteiger partial charge in [-0.3, -0.25) is 19.4 Å². The first-order valence-corrected chi connectivity index (χ1v) is 8.82. The Bertz CT molecular complexity index is 560. The van der Waals surface area contributed by atoms with Crippen molar-refractivity contribution in [3.8, 4) is 0 Å². The molecule has 2 amide bonds. The Morgan fingerprint density at radius 1 is 1.16 bits per heavy atom. The lowest BCUT2D eigenvalue weighted by atomic mass is 10.1. The number of carbonyl (C=O) groups is 3. The quantitative estimate of drug-likeness (QED) is 0.277. The zero-order valence-electron chi connectivity index (χ0n) is 15.2. The zero-order chi connectivity index (χ0) is 18.7.